The Morgan fingerprint density at radius 3 is 1.81 bits per heavy atom. The van der Waals surface area contributed by atoms with Crippen LogP contribution >= 0.6 is 0 Å². The zero-order chi connectivity index (χ0) is 34.6. The molecule has 0 bridgehead atoms. The van der Waals surface area contributed by atoms with Gasteiger partial charge in [0, 0.05) is 38.5 Å². The fraction of sp³-hybridized carbons (Fsp3) is 0. The molecule has 0 atom stereocenters. The van der Waals surface area contributed by atoms with Crippen molar-refractivity contribution >= 4 is 49.4 Å². The second-order valence-corrected chi connectivity index (χ2v) is 12.7. The van der Waals surface area contributed by atoms with Crippen molar-refractivity contribution in [3.05, 3.63) is 175 Å². The van der Waals surface area contributed by atoms with Crippen LogP contribution in [0.2, 0.25) is 0 Å². The highest BCUT2D eigenvalue weighted by molar-refractivity contribution is 6.23. The van der Waals surface area contributed by atoms with Crippen LogP contribution in [0.3, 0.4) is 0 Å². The number of hydrogen-bond donors (Lipinski definition) is 0. The molecule has 3 heterocycles. The predicted molar refractivity (Wildman–Crippen MR) is 209 cm³/mol. The van der Waals surface area contributed by atoms with Gasteiger partial charge < -0.3 is 8.98 Å². The first-order chi connectivity index (χ1) is 25.7. The number of rotatable bonds is 5. The third-order valence-electron chi connectivity index (χ3n) is 9.65. The lowest BCUT2D eigenvalue weighted by molar-refractivity contribution is 0.673. The fourth-order valence-corrected chi connectivity index (χ4v) is 7.29. The summed E-state index contributed by atoms with van der Waals surface area (Å²) in [6, 6.07) is 55.0. The van der Waals surface area contributed by atoms with Gasteiger partial charge in [0.1, 0.15) is 11.2 Å². The highest BCUT2D eigenvalue weighted by Crippen LogP contribution is 2.42. The second-order valence-electron chi connectivity index (χ2n) is 12.7. The number of hydrogen-bond acceptors (Lipinski definition) is 4. The minimum Gasteiger partial charge on any atom is -0.455 e. The number of para-hydroxylation sites is 3. The quantitative estimate of drug-likeness (QED) is 0.172. The summed E-state index contributed by atoms with van der Waals surface area (Å²) >= 11 is 0. The van der Waals surface area contributed by atoms with Crippen LogP contribution in [0.5, 0.6) is 0 Å². The van der Waals surface area contributed by atoms with Crippen LogP contribution < -0.4 is 0 Å². The highest BCUT2D eigenvalue weighted by atomic mass is 16.3. The molecule has 52 heavy (non-hydrogen) atoms. The molecule has 0 fully saturated rings. The standard InChI is InChI=1S/C46H27N5O/c1-47-38-21-11-8-18-34(38)31-26-32(46-49-44(29-14-4-2-5-15-29)48-45(50-46)30-16-6-3-7-17-30)28-33(27-31)51-39-22-12-9-20-37(39)42-40(51)25-24-36-35-19-10-13-23-41(35)52-43(36)42/h2-28H. The van der Waals surface area contributed by atoms with E-state index in [9.17, 15) is 0 Å². The van der Waals surface area contributed by atoms with E-state index in [1.807, 2.05) is 103 Å². The molecule has 6 heteroatoms. The third-order valence-corrected chi connectivity index (χ3v) is 9.65. The van der Waals surface area contributed by atoms with Crippen molar-refractivity contribution in [2.45, 2.75) is 0 Å². The third kappa shape index (κ3) is 4.76. The van der Waals surface area contributed by atoms with Gasteiger partial charge in [0.25, 0.3) is 0 Å². The van der Waals surface area contributed by atoms with E-state index in [-0.39, 0.29) is 0 Å². The van der Waals surface area contributed by atoms with Gasteiger partial charge >= 0.3 is 0 Å². The van der Waals surface area contributed by atoms with Gasteiger partial charge in [-0.15, -0.1) is 0 Å². The molecule has 0 unspecified atom stereocenters. The number of benzene rings is 7. The predicted octanol–water partition coefficient (Wildman–Crippen LogP) is 12.1. The molecule has 10 rings (SSSR count). The molecule has 0 radical (unpaired) electrons. The van der Waals surface area contributed by atoms with Crippen molar-refractivity contribution < 1.29 is 4.42 Å². The number of furan rings is 1. The molecule has 6 nitrogen and oxygen atoms in total. The zero-order valence-electron chi connectivity index (χ0n) is 27.7. The maximum atomic E-state index is 8.01. The van der Waals surface area contributed by atoms with E-state index in [2.05, 4.69) is 70.1 Å². The van der Waals surface area contributed by atoms with Crippen LogP contribution in [0.15, 0.2) is 168 Å². The lowest BCUT2D eigenvalue weighted by Gasteiger charge is -2.15. The van der Waals surface area contributed by atoms with Crippen LogP contribution in [0, 0.1) is 6.57 Å². The van der Waals surface area contributed by atoms with Crippen molar-refractivity contribution in [2.75, 3.05) is 0 Å². The smallest absolute Gasteiger partial charge is 0.194 e. The number of nitrogens with zero attached hydrogens (tertiary/aromatic N) is 5. The van der Waals surface area contributed by atoms with Crippen molar-refractivity contribution in [3.63, 3.8) is 0 Å². The van der Waals surface area contributed by atoms with E-state index in [1.165, 1.54) is 0 Å². The number of aromatic nitrogens is 4. The summed E-state index contributed by atoms with van der Waals surface area (Å²) in [5.41, 5.74) is 9.59. The van der Waals surface area contributed by atoms with Crippen molar-refractivity contribution in [3.8, 4) is 51.0 Å². The van der Waals surface area contributed by atoms with E-state index in [0.29, 0.717) is 23.2 Å². The average molecular weight is 666 g/mol. The molecular formula is C46H27N5O. The maximum Gasteiger partial charge on any atom is 0.194 e. The Morgan fingerprint density at radius 1 is 0.481 bits per heavy atom. The molecule has 7 aromatic carbocycles. The summed E-state index contributed by atoms with van der Waals surface area (Å²) < 4.78 is 8.86. The highest BCUT2D eigenvalue weighted by Gasteiger charge is 2.21. The molecule has 3 aromatic heterocycles. The minimum absolute atomic E-state index is 0.538. The zero-order valence-corrected chi connectivity index (χ0v) is 27.7. The molecular weight excluding hydrogens is 639 g/mol. The van der Waals surface area contributed by atoms with E-state index < -0.39 is 0 Å². The van der Waals surface area contributed by atoms with Crippen molar-refractivity contribution in [1.29, 1.82) is 0 Å². The Bertz CT molecular complexity index is 2970. The summed E-state index contributed by atoms with van der Waals surface area (Å²) in [6.45, 7) is 8.01. The molecule has 0 aliphatic carbocycles. The van der Waals surface area contributed by atoms with Gasteiger partial charge in [0.15, 0.2) is 23.2 Å². The van der Waals surface area contributed by atoms with Gasteiger partial charge in [-0.25, -0.2) is 19.8 Å². The van der Waals surface area contributed by atoms with Crippen molar-refractivity contribution in [1.82, 2.24) is 19.5 Å². The number of fused-ring (bicyclic) bond motifs is 7. The van der Waals surface area contributed by atoms with E-state index in [4.69, 9.17) is 25.9 Å². The van der Waals surface area contributed by atoms with Crippen LogP contribution in [0.4, 0.5) is 5.69 Å². The van der Waals surface area contributed by atoms with E-state index >= 15 is 0 Å². The van der Waals surface area contributed by atoms with Crippen LogP contribution in [-0.4, -0.2) is 19.5 Å². The molecule has 0 aliphatic rings. The summed E-state index contributed by atoms with van der Waals surface area (Å²) in [4.78, 5) is 19.0. The van der Waals surface area contributed by atoms with E-state index in [0.717, 1.165) is 77.2 Å². The lowest BCUT2D eigenvalue weighted by atomic mass is 9.99. The first kappa shape index (κ1) is 29.5. The largest absolute Gasteiger partial charge is 0.455 e. The SMILES string of the molecule is [C-]#[N+]c1ccccc1-c1cc(-c2nc(-c3ccccc3)nc(-c3ccccc3)n2)cc(-n2c3ccccc3c3c4oc5ccccc5c4ccc32)c1. The Morgan fingerprint density at radius 2 is 1.08 bits per heavy atom. The van der Waals surface area contributed by atoms with Crippen molar-refractivity contribution in [2.24, 2.45) is 0 Å². The molecule has 0 N–H and O–H groups in total. The Kier molecular flexibility index (Phi) is 6.76. The molecule has 0 saturated heterocycles. The molecule has 10 aromatic rings. The maximum absolute atomic E-state index is 8.01. The van der Waals surface area contributed by atoms with Gasteiger partial charge in [-0.1, -0.05) is 121 Å². The Balaban J connectivity index is 1.29. The summed E-state index contributed by atoms with van der Waals surface area (Å²) in [5.74, 6) is 1.71. The molecule has 0 saturated carbocycles. The van der Waals surface area contributed by atoms with E-state index in [1.54, 1.807) is 0 Å². The molecule has 0 aliphatic heterocycles. The minimum atomic E-state index is 0.538. The Hall–Kier alpha value is -7.36. The average Bonchev–Trinajstić information content (AvgIpc) is 3.77. The second kappa shape index (κ2) is 11.9. The van der Waals surface area contributed by atoms with Crippen LogP contribution in [0.25, 0.3) is 99.6 Å². The molecule has 0 spiro atoms. The monoisotopic (exact) mass is 665 g/mol. The van der Waals surface area contributed by atoms with Gasteiger partial charge in [-0.05, 0) is 53.6 Å². The van der Waals surface area contributed by atoms with Gasteiger partial charge in [0.05, 0.1) is 23.0 Å². The van der Waals surface area contributed by atoms with Gasteiger partial charge in [-0.2, -0.15) is 0 Å². The first-order valence-corrected chi connectivity index (χ1v) is 17.1. The summed E-state index contributed by atoms with van der Waals surface area (Å²) in [7, 11) is 0. The fourth-order valence-electron chi connectivity index (χ4n) is 7.29. The Labute approximate surface area is 298 Å². The summed E-state index contributed by atoms with van der Waals surface area (Å²) in [6.07, 6.45) is 0. The first-order valence-electron chi connectivity index (χ1n) is 17.1. The normalized spacial score (nSPS) is 11.4. The summed E-state index contributed by atoms with van der Waals surface area (Å²) in [5, 5.41) is 4.32. The lowest BCUT2D eigenvalue weighted by Crippen LogP contribution is -2.01. The van der Waals surface area contributed by atoms with Crippen LogP contribution in [0.1, 0.15) is 0 Å². The van der Waals surface area contributed by atoms with Gasteiger partial charge in [-0.3, -0.25) is 0 Å². The molecule has 242 valence electrons. The van der Waals surface area contributed by atoms with Crippen LogP contribution in [-0.2, 0) is 0 Å². The van der Waals surface area contributed by atoms with Gasteiger partial charge in [0.2, 0.25) is 0 Å². The molecule has 0 amide bonds. The topological polar surface area (TPSA) is 61.1 Å².